The number of hydrogen-bond acceptors (Lipinski definition) is 4. The molecule has 0 aliphatic heterocycles. The van der Waals surface area contributed by atoms with Gasteiger partial charge in [-0.05, 0) is 12.0 Å². The Hall–Kier alpha value is -2.41. The summed E-state index contributed by atoms with van der Waals surface area (Å²) < 4.78 is 5.19. The molecule has 114 valence electrons. The molecule has 0 spiro atoms. The molecule has 0 aliphatic rings. The predicted octanol–water partition coefficient (Wildman–Crippen LogP) is 0.0381. The molecule has 0 heterocycles. The molecule has 2 amide bonds. The summed E-state index contributed by atoms with van der Waals surface area (Å²) in [7, 11) is 0. The Balaban J connectivity index is 2.33. The summed E-state index contributed by atoms with van der Waals surface area (Å²) in [5, 5.41) is 11.2. The molecule has 1 atom stereocenters. The molecule has 1 aromatic rings. The topological polar surface area (TPSA) is 119 Å². The fourth-order valence-electron chi connectivity index (χ4n) is 1.62. The monoisotopic (exact) mass is 294 g/mol. The predicted molar refractivity (Wildman–Crippen MR) is 74.1 cm³/mol. The highest BCUT2D eigenvalue weighted by molar-refractivity contribution is 5.84. The molecular formula is C14H18N2O5. The van der Waals surface area contributed by atoms with Gasteiger partial charge in [-0.15, -0.1) is 0 Å². The number of aliphatic carboxylic acids is 1. The van der Waals surface area contributed by atoms with Gasteiger partial charge < -0.3 is 20.9 Å². The number of carbonyl (C=O) groups excluding carboxylic acids is 2. The highest BCUT2D eigenvalue weighted by Crippen LogP contribution is 2.01. The molecule has 0 fully saturated rings. The Labute approximate surface area is 122 Å². The molecule has 21 heavy (non-hydrogen) atoms. The molecule has 0 aromatic heterocycles. The summed E-state index contributed by atoms with van der Waals surface area (Å²) in [5.41, 5.74) is 5.86. The zero-order valence-electron chi connectivity index (χ0n) is 11.5. The van der Waals surface area contributed by atoms with Crippen LogP contribution in [0.3, 0.4) is 0 Å². The Morgan fingerprint density at radius 2 is 1.90 bits per heavy atom. The molecule has 0 bridgehead atoms. The Bertz CT molecular complexity index is 489. The summed E-state index contributed by atoms with van der Waals surface area (Å²) in [6.45, 7) is 0.00251. The van der Waals surface area contributed by atoms with E-state index >= 15 is 0 Å². The fraction of sp³-hybridized carbons (Fsp3) is 0.357. The minimum Gasteiger partial charge on any atom is -0.480 e. The number of carboxylic acids is 1. The molecule has 7 nitrogen and oxygen atoms in total. The van der Waals surface area contributed by atoms with Crippen LogP contribution in [0.1, 0.15) is 18.4 Å². The van der Waals surface area contributed by atoms with Gasteiger partial charge in [0.25, 0.3) is 0 Å². The van der Waals surface area contributed by atoms with Crippen molar-refractivity contribution in [2.75, 3.05) is 6.61 Å². The molecule has 4 N–H and O–H groups in total. The molecule has 0 saturated heterocycles. The van der Waals surface area contributed by atoms with Crippen LogP contribution in [0.25, 0.3) is 0 Å². The van der Waals surface area contributed by atoms with Gasteiger partial charge in [-0.1, -0.05) is 30.3 Å². The fourth-order valence-corrected chi connectivity index (χ4v) is 1.62. The average Bonchev–Trinajstić information content (AvgIpc) is 2.44. The Kier molecular flexibility index (Phi) is 6.90. The number of carbonyl (C=O) groups is 3. The lowest BCUT2D eigenvalue weighted by molar-refractivity contribution is -0.143. The average molecular weight is 294 g/mol. The molecule has 7 heteroatoms. The van der Waals surface area contributed by atoms with Gasteiger partial charge in [-0.2, -0.15) is 0 Å². The van der Waals surface area contributed by atoms with Gasteiger partial charge >= 0.3 is 5.97 Å². The maximum absolute atomic E-state index is 11.6. The third kappa shape index (κ3) is 7.07. The van der Waals surface area contributed by atoms with E-state index in [0.29, 0.717) is 0 Å². The zero-order chi connectivity index (χ0) is 15.7. The van der Waals surface area contributed by atoms with E-state index in [2.05, 4.69) is 5.32 Å². The van der Waals surface area contributed by atoms with E-state index in [1.165, 1.54) is 0 Å². The number of nitrogens with two attached hydrogens (primary N) is 1. The first kappa shape index (κ1) is 16.6. The first-order valence-electron chi connectivity index (χ1n) is 6.41. The van der Waals surface area contributed by atoms with Crippen molar-refractivity contribution in [3.05, 3.63) is 35.9 Å². The molecule has 1 unspecified atom stereocenters. The zero-order valence-corrected chi connectivity index (χ0v) is 11.5. The maximum atomic E-state index is 11.6. The molecule has 0 radical (unpaired) electrons. The van der Waals surface area contributed by atoms with E-state index in [4.69, 9.17) is 15.6 Å². The van der Waals surface area contributed by atoms with E-state index in [-0.39, 0.29) is 26.1 Å². The first-order valence-corrected chi connectivity index (χ1v) is 6.41. The number of rotatable bonds is 9. The lowest BCUT2D eigenvalue weighted by Crippen LogP contribution is -2.43. The molecule has 1 rings (SSSR count). The van der Waals surface area contributed by atoms with Crippen LogP contribution in [0.5, 0.6) is 0 Å². The highest BCUT2D eigenvalue weighted by Gasteiger charge is 2.20. The van der Waals surface area contributed by atoms with Gasteiger partial charge in [-0.3, -0.25) is 9.59 Å². The third-order valence-electron chi connectivity index (χ3n) is 2.66. The number of carboxylic acid groups (broad SMARTS) is 1. The van der Waals surface area contributed by atoms with Gasteiger partial charge in [0.05, 0.1) is 6.61 Å². The van der Waals surface area contributed by atoms with Gasteiger partial charge in [0.15, 0.2) is 0 Å². The van der Waals surface area contributed by atoms with E-state index < -0.39 is 23.8 Å². The number of hydrogen-bond donors (Lipinski definition) is 3. The van der Waals surface area contributed by atoms with Gasteiger partial charge in [-0.25, -0.2) is 4.79 Å². The second-order valence-electron chi connectivity index (χ2n) is 4.44. The van der Waals surface area contributed by atoms with Crippen LogP contribution in [-0.2, 0) is 25.7 Å². The first-order chi connectivity index (χ1) is 9.99. The summed E-state index contributed by atoms with van der Waals surface area (Å²) in [4.78, 5) is 33.1. The lowest BCUT2D eigenvalue weighted by atomic mass is 10.1. The summed E-state index contributed by atoms with van der Waals surface area (Å²) in [6.07, 6.45) is -0.156. The number of amides is 2. The van der Waals surface area contributed by atoms with E-state index in [1.54, 1.807) is 0 Å². The quantitative estimate of drug-likeness (QED) is 0.594. The second kappa shape index (κ2) is 8.70. The van der Waals surface area contributed by atoms with Crippen molar-refractivity contribution in [1.29, 1.82) is 0 Å². The van der Waals surface area contributed by atoms with Crippen molar-refractivity contribution in [3.63, 3.8) is 0 Å². The van der Waals surface area contributed by atoms with E-state index in [1.807, 2.05) is 30.3 Å². The highest BCUT2D eigenvalue weighted by atomic mass is 16.5. The standard InChI is InChI=1S/C14H18N2O5/c15-12(17)7-6-11(14(19)20)16-13(18)9-21-8-10-4-2-1-3-5-10/h1-5,11H,6-9H2,(H2,15,17)(H,16,18)(H,19,20). The maximum Gasteiger partial charge on any atom is 0.326 e. The Morgan fingerprint density at radius 1 is 1.24 bits per heavy atom. The van der Waals surface area contributed by atoms with Gasteiger partial charge in [0.1, 0.15) is 12.6 Å². The molecule has 1 aromatic carbocycles. The van der Waals surface area contributed by atoms with Crippen LogP contribution in [0, 0.1) is 0 Å². The van der Waals surface area contributed by atoms with Crippen molar-refractivity contribution < 1.29 is 24.2 Å². The summed E-state index contributed by atoms with van der Waals surface area (Å²) in [6, 6.07) is 8.12. The smallest absolute Gasteiger partial charge is 0.326 e. The van der Waals surface area contributed by atoms with Crippen molar-refractivity contribution in [3.8, 4) is 0 Å². The summed E-state index contributed by atoms with van der Waals surface area (Å²) >= 11 is 0. The normalized spacial score (nSPS) is 11.6. The van der Waals surface area contributed by atoms with E-state index in [9.17, 15) is 14.4 Å². The van der Waals surface area contributed by atoms with Crippen LogP contribution in [0.4, 0.5) is 0 Å². The van der Waals surface area contributed by atoms with Crippen LogP contribution in [0.15, 0.2) is 30.3 Å². The number of ether oxygens (including phenoxy) is 1. The summed E-state index contributed by atoms with van der Waals surface area (Å²) in [5.74, 6) is -2.38. The molecular weight excluding hydrogens is 276 g/mol. The van der Waals surface area contributed by atoms with Crippen LogP contribution >= 0.6 is 0 Å². The minimum atomic E-state index is -1.22. The van der Waals surface area contributed by atoms with Crippen molar-refractivity contribution in [2.24, 2.45) is 5.73 Å². The Morgan fingerprint density at radius 3 is 2.48 bits per heavy atom. The van der Waals surface area contributed by atoms with Crippen molar-refractivity contribution in [1.82, 2.24) is 5.32 Å². The van der Waals surface area contributed by atoms with Crippen molar-refractivity contribution in [2.45, 2.75) is 25.5 Å². The van der Waals surface area contributed by atoms with Crippen LogP contribution in [-0.4, -0.2) is 35.5 Å². The largest absolute Gasteiger partial charge is 0.480 e. The number of primary amides is 1. The SMILES string of the molecule is NC(=O)CCC(NC(=O)COCc1ccccc1)C(=O)O. The van der Waals surface area contributed by atoms with Crippen LogP contribution < -0.4 is 11.1 Å². The lowest BCUT2D eigenvalue weighted by Gasteiger charge is -2.13. The second-order valence-corrected chi connectivity index (χ2v) is 4.44. The van der Waals surface area contributed by atoms with Crippen molar-refractivity contribution >= 4 is 17.8 Å². The number of nitrogens with one attached hydrogen (secondary N) is 1. The number of benzene rings is 1. The third-order valence-corrected chi connectivity index (χ3v) is 2.66. The van der Waals surface area contributed by atoms with E-state index in [0.717, 1.165) is 5.56 Å². The minimum absolute atomic E-state index is 0.0465. The van der Waals surface area contributed by atoms with Gasteiger partial charge in [0, 0.05) is 6.42 Å². The van der Waals surface area contributed by atoms with Gasteiger partial charge in [0.2, 0.25) is 11.8 Å². The molecule has 0 aliphatic carbocycles. The van der Waals surface area contributed by atoms with Crippen LogP contribution in [0.2, 0.25) is 0 Å². The molecule has 0 saturated carbocycles.